The Hall–Kier alpha value is -3.15. The van der Waals surface area contributed by atoms with Crippen LogP contribution in [0.4, 0.5) is 0 Å². The monoisotopic (exact) mass is 505 g/mol. The highest BCUT2D eigenvalue weighted by molar-refractivity contribution is 7.89. The number of imidazole rings is 1. The van der Waals surface area contributed by atoms with Gasteiger partial charge in [-0.2, -0.15) is 4.31 Å². The Morgan fingerprint density at radius 2 is 2.06 bits per heavy atom. The average Bonchev–Trinajstić information content (AvgIpc) is 3.31. The number of hydrogen-bond donors (Lipinski definition) is 3. The fraction of sp³-hybridized carbons (Fsp3) is 0.318. The molecular formula is C22H24ClN5O5S. The third kappa shape index (κ3) is 4.22. The van der Waals surface area contributed by atoms with Crippen LogP contribution in [0.25, 0.3) is 21.8 Å². The van der Waals surface area contributed by atoms with Gasteiger partial charge in [0.2, 0.25) is 10.0 Å². The summed E-state index contributed by atoms with van der Waals surface area (Å²) in [5.74, 6) is -0.567. The second-order valence-corrected chi connectivity index (χ2v) is 10.00. The van der Waals surface area contributed by atoms with Crippen molar-refractivity contribution < 1.29 is 17.9 Å². The first-order valence-corrected chi connectivity index (χ1v) is 12.2. The predicted molar refractivity (Wildman–Crippen MR) is 129 cm³/mol. The number of fused-ring (bicyclic) bond motifs is 3. The molecule has 0 spiro atoms. The van der Waals surface area contributed by atoms with Crippen molar-refractivity contribution in [2.45, 2.75) is 43.7 Å². The van der Waals surface area contributed by atoms with Gasteiger partial charge >= 0.3 is 5.97 Å². The largest absolute Gasteiger partial charge is 0.462 e. The number of nitrogens with one attached hydrogen (secondary N) is 3. The summed E-state index contributed by atoms with van der Waals surface area (Å²) >= 11 is 0. The molecule has 1 aliphatic rings. The number of carbonyl (C=O) groups is 1. The highest BCUT2D eigenvalue weighted by Crippen LogP contribution is 2.35. The standard InChI is InChI=1S/C22H23N5O5S.ClH/c1-2-7-32-22(29)17-10-24-20-19(17)16-8-15(5-6-18(16)26-21(20)28)33(30,31)27(14-3-4-14)11-13-9-23-12-25-13;/h5-6,8-10,12,14,24H,2-4,7,11H2,1H3,(H,23,25)(H,26,28);1H. The molecule has 0 amide bonds. The number of pyridine rings is 1. The van der Waals surface area contributed by atoms with Crippen LogP contribution in [-0.4, -0.2) is 51.3 Å². The lowest BCUT2D eigenvalue weighted by molar-refractivity contribution is 0.0507. The topological polar surface area (TPSA) is 141 Å². The van der Waals surface area contributed by atoms with E-state index in [9.17, 15) is 18.0 Å². The van der Waals surface area contributed by atoms with Gasteiger partial charge in [0.15, 0.2) is 0 Å². The third-order valence-electron chi connectivity index (χ3n) is 5.71. The minimum Gasteiger partial charge on any atom is -0.462 e. The summed E-state index contributed by atoms with van der Waals surface area (Å²) in [6.07, 6.45) is 6.79. The molecule has 10 nitrogen and oxygen atoms in total. The van der Waals surface area contributed by atoms with Gasteiger partial charge < -0.3 is 19.7 Å². The fourth-order valence-electron chi connectivity index (χ4n) is 3.95. The van der Waals surface area contributed by atoms with Gasteiger partial charge in [0.05, 0.1) is 29.9 Å². The molecule has 3 N–H and O–H groups in total. The molecule has 5 rings (SSSR count). The quantitative estimate of drug-likeness (QED) is 0.314. The maximum absolute atomic E-state index is 13.6. The molecule has 0 atom stereocenters. The fourth-order valence-corrected chi connectivity index (χ4v) is 5.64. The van der Waals surface area contributed by atoms with Crippen LogP contribution < -0.4 is 5.56 Å². The lowest BCUT2D eigenvalue weighted by Gasteiger charge is -2.21. The van der Waals surface area contributed by atoms with Gasteiger partial charge in [-0.25, -0.2) is 18.2 Å². The minimum atomic E-state index is -3.85. The van der Waals surface area contributed by atoms with E-state index in [4.69, 9.17) is 4.74 Å². The van der Waals surface area contributed by atoms with E-state index in [0.717, 1.165) is 12.8 Å². The zero-order chi connectivity index (χ0) is 23.2. The molecule has 34 heavy (non-hydrogen) atoms. The van der Waals surface area contributed by atoms with Crippen LogP contribution in [0.15, 0.2) is 46.6 Å². The maximum atomic E-state index is 13.6. The smallest absolute Gasteiger partial charge is 0.340 e. The number of rotatable bonds is 8. The number of nitrogens with zero attached hydrogens (tertiary/aromatic N) is 2. The first-order valence-electron chi connectivity index (χ1n) is 10.7. The third-order valence-corrected chi connectivity index (χ3v) is 7.61. The van der Waals surface area contributed by atoms with Crippen LogP contribution in [0, 0.1) is 0 Å². The second kappa shape index (κ2) is 9.24. The Balaban J connectivity index is 0.00000274. The number of carbonyl (C=O) groups excluding carboxylic acids is 1. The summed E-state index contributed by atoms with van der Waals surface area (Å²) in [5.41, 5.74) is 1.12. The molecule has 3 heterocycles. The predicted octanol–water partition coefficient (Wildman–Crippen LogP) is 3.07. The molecule has 12 heteroatoms. The lowest BCUT2D eigenvalue weighted by atomic mass is 10.1. The van der Waals surface area contributed by atoms with E-state index in [0.29, 0.717) is 28.4 Å². The Labute approximate surface area is 201 Å². The van der Waals surface area contributed by atoms with E-state index in [1.165, 1.54) is 29.0 Å². The van der Waals surface area contributed by atoms with Gasteiger partial charge in [0.1, 0.15) is 5.52 Å². The zero-order valence-corrected chi connectivity index (χ0v) is 20.0. The van der Waals surface area contributed by atoms with Gasteiger partial charge in [-0.15, -0.1) is 12.4 Å². The number of aromatic nitrogens is 4. The van der Waals surface area contributed by atoms with Gasteiger partial charge in [0.25, 0.3) is 5.56 Å². The molecule has 1 aliphatic carbocycles. The van der Waals surface area contributed by atoms with Crippen LogP contribution in [0.1, 0.15) is 42.2 Å². The maximum Gasteiger partial charge on any atom is 0.340 e. The van der Waals surface area contributed by atoms with Crippen molar-refractivity contribution in [3.05, 3.63) is 58.5 Å². The summed E-state index contributed by atoms with van der Waals surface area (Å²) in [6, 6.07) is 4.47. The number of benzene rings is 1. The molecular weight excluding hydrogens is 482 g/mol. The first kappa shape index (κ1) is 24.0. The van der Waals surface area contributed by atoms with E-state index in [-0.39, 0.29) is 47.6 Å². The Bertz CT molecular complexity index is 1510. The van der Waals surface area contributed by atoms with E-state index in [1.54, 1.807) is 12.3 Å². The highest BCUT2D eigenvalue weighted by Gasteiger charge is 2.38. The van der Waals surface area contributed by atoms with Crippen molar-refractivity contribution in [2.75, 3.05) is 6.61 Å². The molecule has 1 fully saturated rings. The van der Waals surface area contributed by atoms with Crippen molar-refractivity contribution in [3.63, 3.8) is 0 Å². The van der Waals surface area contributed by atoms with E-state index in [2.05, 4.69) is 19.9 Å². The van der Waals surface area contributed by atoms with Crippen LogP contribution in [0.5, 0.6) is 0 Å². The van der Waals surface area contributed by atoms with Crippen molar-refractivity contribution in [2.24, 2.45) is 0 Å². The summed E-state index contributed by atoms with van der Waals surface area (Å²) in [6.45, 7) is 2.32. The number of sulfonamides is 1. The minimum absolute atomic E-state index is 0. The second-order valence-electron chi connectivity index (χ2n) is 8.11. The van der Waals surface area contributed by atoms with Crippen molar-refractivity contribution in [3.8, 4) is 0 Å². The number of H-pyrrole nitrogens is 3. The molecule has 180 valence electrons. The normalized spacial score (nSPS) is 13.9. The van der Waals surface area contributed by atoms with Crippen LogP contribution in [-0.2, 0) is 21.3 Å². The van der Waals surface area contributed by atoms with E-state index in [1.807, 2.05) is 6.92 Å². The molecule has 0 unspecified atom stereocenters. The van der Waals surface area contributed by atoms with E-state index < -0.39 is 21.6 Å². The number of esters is 1. The number of aromatic amines is 3. The molecule has 1 aromatic carbocycles. The van der Waals surface area contributed by atoms with Crippen LogP contribution >= 0.6 is 12.4 Å². The van der Waals surface area contributed by atoms with Gasteiger partial charge in [-0.1, -0.05) is 6.92 Å². The van der Waals surface area contributed by atoms with Gasteiger partial charge in [-0.3, -0.25) is 4.79 Å². The number of halogens is 1. The van der Waals surface area contributed by atoms with Gasteiger partial charge in [0, 0.05) is 40.4 Å². The summed E-state index contributed by atoms with van der Waals surface area (Å²) in [4.78, 5) is 37.7. The summed E-state index contributed by atoms with van der Waals surface area (Å²) < 4.78 is 33.9. The lowest BCUT2D eigenvalue weighted by Crippen LogP contribution is -2.32. The van der Waals surface area contributed by atoms with Crippen LogP contribution in [0.3, 0.4) is 0 Å². The van der Waals surface area contributed by atoms with Crippen molar-refractivity contribution >= 4 is 50.2 Å². The van der Waals surface area contributed by atoms with Gasteiger partial charge in [-0.05, 0) is 37.5 Å². The zero-order valence-electron chi connectivity index (χ0n) is 18.3. The molecule has 0 radical (unpaired) electrons. The molecule has 0 aliphatic heterocycles. The summed E-state index contributed by atoms with van der Waals surface area (Å²) in [5, 5.41) is 0.797. The SMILES string of the molecule is CCCOC(=O)c1c[nH]c2c(=O)[nH]c3ccc(S(=O)(=O)N(Cc4cnc[nH]4)C4CC4)cc3c12.Cl. The Morgan fingerprint density at radius 1 is 1.26 bits per heavy atom. The van der Waals surface area contributed by atoms with Crippen molar-refractivity contribution in [1.82, 2.24) is 24.2 Å². The first-order chi connectivity index (χ1) is 15.9. The molecule has 4 aromatic rings. The highest BCUT2D eigenvalue weighted by atomic mass is 35.5. The Morgan fingerprint density at radius 3 is 2.74 bits per heavy atom. The molecule has 3 aromatic heterocycles. The molecule has 0 bridgehead atoms. The Kier molecular flexibility index (Phi) is 6.52. The number of ether oxygens (including phenoxy) is 1. The van der Waals surface area contributed by atoms with Crippen molar-refractivity contribution in [1.29, 1.82) is 0 Å². The number of hydrogen-bond acceptors (Lipinski definition) is 6. The summed E-state index contributed by atoms with van der Waals surface area (Å²) in [7, 11) is -3.85. The van der Waals surface area contributed by atoms with Crippen LogP contribution in [0.2, 0.25) is 0 Å². The molecule has 0 saturated heterocycles. The van der Waals surface area contributed by atoms with E-state index >= 15 is 0 Å². The molecule has 1 saturated carbocycles. The average molecular weight is 506 g/mol.